The van der Waals surface area contributed by atoms with Crippen molar-refractivity contribution in [2.24, 2.45) is 17.8 Å². The van der Waals surface area contributed by atoms with Crippen molar-refractivity contribution >= 4 is 35.5 Å². The standard InChI is InChI=1S/C23H31N3O7/c1-14(22(32)33-26-19(29)10-11-20(26)30)12-23(2,3)24-21(31)16-6-4-15(5-7-16)13-25-17(27)8-9-18(25)28/h8-9,14-16H,4-7,10-13H2,1-3H3,(H,24,31). The number of carbonyl (C=O) groups excluding carboxylic acids is 6. The fourth-order valence-corrected chi connectivity index (χ4v) is 4.65. The van der Waals surface area contributed by atoms with Crippen LogP contribution in [0.25, 0.3) is 0 Å². The second-order valence-electron chi connectivity index (χ2n) is 9.81. The zero-order valence-corrected chi connectivity index (χ0v) is 19.3. The Morgan fingerprint density at radius 1 is 1.03 bits per heavy atom. The van der Waals surface area contributed by atoms with Crippen molar-refractivity contribution in [3.63, 3.8) is 0 Å². The minimum Gasteiger partial charge on any atom is -0.351 e. The lowest BCUT2D eigenvalue weighted by Gasteiger charge is -2.34. The van der Waals surface area contributed by atoms with Crippen molar-refractivity contribution in [2.75, 3.05) is 6.54 Å². The predicted octanol–water partition coefficient (Wildman–Crippen LogP) is 1.25. The Hall–Kier alpha value is -3.04. The number of hydrogen-bond donors (Lipinski definition) is 1. The van der Waals surface area contributed by atoms with Crippen molar-refractivity contribution in [2.45, 2.75) is 71.3 Å². The highest BCUT2D eigenvalue weighted by Crippen LogP contribution is 2.31. The Bertz CT molecular complexity index is 852. The highest BCUT2D eigenvalue weighted by atomic mass is 16.7. The molecule has 1 saturated carbocycles. The van der Waals surface area contributed by atoms with Crippen LogP contribution in [0.15, 0.2) is 12.2 Å². The molecule has 2 aliphatic heterocycles. The van der Waals surface area contributed by atoms with E-state index < -0.39 is 29.2 Å². The lowest BCUT2D eigenvalue weighted by atomic mass is 9.80. The van der Waals surface area contributed by atoms with Crippen LogP contribution in [-0.4, -0.2) is 57.6 Å². The predicted molar refractivity (Wildman–Crippen MR) is 114 cm³/mol. The minimum atomic E-state index is -0.703. The molecule has 1 unspecified atom stereocenters. The average molecular weight is 462 g/mol. The third kappa shape index (κ3) is 6.06. The van der Waals surface area contributed by atoms with Crippen LogP contribution in [0.2, 0.25) is 0 Å². The maximum atomic E-state index is 12.8. The Morgan fingerprint density at radius 3 is 2.12 bits per heavy atom. The zero-order valence-electron chi connectivity index (χ0n) is 19.3. The number of nitrogens with one attached hydrogen (secondary N) is 1. The van der Waals surface area contributed by atoms with Gasteiger partial charge in [-0.15, -0.1) is 5.06 Å². The van der Waals surface area contributed by atoms with Crippen LogP contribution >= 0.6 is 0 Å². The van der Waals surface area contributed by atoms with Crippen LogP contribution in [0.3, 0.4) is 0 Å². The number of rotatable bonds is 8. The van der Waals surface area contributed by atoms with Crippen molar-refractivity contribution in [1.82, 2.24) is 15.3 Å². The zero-order chi connectivity index (χ0) is 24.3. The highest BCUT2D eigenvalue weighted by molar-refractivity contribution is 6.12. The van der Waals surface area contributed by atoms with Crippen molar-refractivity contribution in [3.05, 3.63) is 12.2 Å². The summed E-state index contributed by atoms with van der Waals surface area (Å²) in [4.78, 5) is 78.1. The van der Waals surface area contributed by atoms with Gasteiger partial charge in [0.1, 0.15) is 0 Å². The van der Waals surface area contributed by atoms with Gasteiger partial charge in [0.15, 0.2) is 0 Å². The van der Waals surface area contributed by atoms with Gasteiger partial charge in [-0.3, -0.25) is 28.9 Å². The van der Waals surface area contributed by atoms with E-state index in [1.807, 2.05) is 13.8 Å². The Kier molecular flexibility index (Phi) is 7.34. The molecule has 0 radical (unpaired) electrons. The number of hydrogen-bond acceptors (Lipinski definition) is 7. The number of carbonyl (C=O) groups is 6. The molecule has 0 aromatic carbocycles. The van der Waals surface area contributed by atoms with Gasteiger partial charge in [0.2, 0.25) is 5.91 Å². The molecule has 1 atom stereocenters. The lowest BCUT2D eigenvalue weighted by Crippen LogP contribution is -2.48. The summed E-state index contributed by atoms with van der Waals surface area (Å²) in [6, 6.07) is 0. The van der Waals surface area contributed by atoms with E-state index in [0.29, 0.717) is 24.4 Å². The van der Waals surface area contributed by atoms with Gasteiger partial charge < -0.3 is 10.2 Å². The Morgan fingerprint density at radius 2 is 1.58 bits per heavy atom. The average Bonchev–Trinajstić information content (AvgIpc) is 3.23. The van der Waals surface area contributed by atoms with E-state index in [1.54, 1.807) is 6.92 Å². The highest BCUT2D eigenvalue weighted by Gasteiger charge is 2.37. The van der Waals surface area contributed by atoms with Crippen LogP contribution in [0.5, 0.6) is 0 Å². The van der Waals surface area contributed by atoms with Crippen LogP contribution in [-0.2, 0) is 33.6 Å². The second-order valence-corrected chi connectivity index (χ2v) is 9.81. The third-order valence-corrected chi connectivity index (χ3v) is 6.43. The summed E-state index contributed by atoms with van der Waals surface area (Å²) in [5, 5.41) is 3.53. The van der Waals surface area contributed by atoms with Gasteiger partial charge in [0, 0.05) is 43.0 Å². The molecule has 33 heavy (non-hydrogen) atoms. The fourth-order valence-electron chi connectivity index (χ4n) is 4.65. The summed E-state index contributed by atoms with van der Waals surface area (Å²) in [6.07, 6.45) is 5.71. The molecule has 0 bridgehead atoms. The topological polar surface area (TPSA) is 130 Å². The first-order valence-corrected chi connectivity index (χ1v) is 11.4. The van der Waals surface area contributed by atoms with Gasteiger partial charge in [0.05, 0.1) is 5.92 Å². The number of hydroxylamine groups is 2. The summed E-state index contributed by atoms with van der Waals surface area (Å²) in [6.45, 7) is 5.63. The molecule has 5 amide bonds. The quantitative estimate of drug-likeness (QED) is 0.538. The lowest BCUT2D eigenvalue weighted by molar-refractivity contribution is -0.200. The molecule has 1 saturated heterocycles. The van der Waals surface area contributed by atoms with Gasteiger partial charge in [-0.05, 0) is 51.9 Å². The summed E-state index contributed by atoms with van der Waals surface area (Å²) in [5.41, 5.74) is -0.703. The molecule has 2 heterocycles. The van der Waals surface area contributed by atoms with E-state index in [1.165, 1.54) is 17.1 Å². The van der Waals surface area contributed by atoms with E-state index in [4.69, 9.17) is 4.84 Å². The van der Waals surface area contributed by atoms with Crippen LogP contribution in [0.4, 0.5) is 0 Å². The summed E-state index contributed by atoms with van der Waals surface area (Å²) < 4.78 is 0. The maximum absolute atomic E-state index is 12.8. The summed E-state index contributed by atoms with van der Waals surface area (Å²) >= 11 is 0. The van der Waals surface area contributed by atoms with Crippen molar-refractivity contribution in [3.8, 4) is 0 Å². The Labute approximate surface area is 192 Å². The molecule has 1 N–H and O–H groups in total. The minimum absolute atomic E-state index is 0.0336. The first-order chi connectivity index (χ1) is 15.5. The van der Waals surface area contributed by atoms with Gasteiger partial charge in [-0.2, -0.15) is 0 Å². The molecule has 0 spiro atoms. The fraction of sp³-hybridized carbons (Fsp3) is 0.652. The van der Waals surface area contributed by atoms with E-state index in [0.717, 1.165) is 12.8 Å². The molecule has 3 aliphatic rings. The van der Waals surface area contributed by atoms with Gasteiger partial charge in [-0.1, -0.05) is 6.92 Å². The molecule has 1 aliphatic carbocycles. The summed E-state index contributed by atoms with van der Waals surface area (Å²) in [7, 11) is 0. The molecule has 10 heteroatoms. The first-order valence-electron chi connectivity index (χ1n) is 11.4. The van der Waals surface area contributed by atoms with Crippen molar-refractivity contribution in [1.29, 1.82) is 0 Å². The van der Waals surface area contributed by atoms with E-state index in [9.17, 15) is 28.8 Å². The van der Waals surface area contributed by atoms with Gasteiger partial charge in [0.25, 0.3) is 23.6 Å². The SMILES string of the molecule is CC(CC(C)(C)NC(=O)C1CCC(CN2C(=O)C=CC2=O)CC1)C(=O)ON1C(=O)CCC1=O. The maximum Gasteiger partial charge on any atom is 0.336 e. The van der Waals surface area contributed by atoms with E-state index >= 15 is 0 Å². The molecular weight excluding hydrogens is 430 g/mol. The number of nitrogens with zero attached hydrogens (tertiary/aromatic N) is 2. The normalized spacial score (nSPS) is 24.5. The van der Waals surface area contributed by atoms with E-state index in [2.05, 4.69) is 5.32 Å². The smallest absolute Gasteiger partial charge is 0.336 e. The summed E-state index contributed by atoms with van der Waals surface area (Å²) in [5.74, 6) is -3.05. The Balaban J connectivity index is 1.44. The van der Waals surface area contributed by atoms with Crippen molar-refractivity contribution < 1.29 is 33.6 Å². The largest absolute Gasteiger partial charge is 0.351 e. The monoisotopic (exact) mass is 461 g/mol. The van der Waals surface area contributed by atoms with E-state index in [-0.39, 0.29) is 48.8 Å². The number of imide groups is 2. The molecule has 2 fully saturated rings. The third-order valence-electron chi connectivity index (χ3n) is 6.43. The van der Waals surface area contributed by atoms with Gasteiger partial charge >= 0.3 is 5.97 Å². The second kappa shape index (κ2) is 9.84. The molecule has 0 aromatic heterocycles. The van der Waals surface area contributed by atoms with Crippen LogP contribution < -0.4 is 5.32 Å². The number of amides is 5. The van der Waals surface area contributed by atoms with Crippen LogP contribution in [0, 0.1) is 17.8 Å². The molecule has 0 aromatic rings. The molecule has 10 nitrogen and oxygen atoms in total. The molecule has 3 rings (SSSR count). The molecule has 180 valence electrons. The van der Waals surface area contributed by atoms with Crippen LogP contribution in [0.1, 0.15) is 65.7 Å². The first kappa shape index (κ1) is 24.6. The molecular formula is C23H31N3O7. The van der Waals surface area contributed by atoms with Gasteiger partial charge in [-0.25, -0.2) is 4.79 Å².